The predicted octanol–water partition coefficient (Wildman–Crippen LogP) is 2.16. The van der Waals surface area contributed by atoms with Crippen LogP contribution in [-0.2, 0) is 4.79 Å². The molecule has 1 aliphatic heterocycles. The van der Waals surface area contributed by atoms with Crippen LogP contribution >= 0.6 is 0 Å². The molecule has 1 aromatic rings. The Labute approximate surface area is 109 Å². The minimum absolute atomic E-state index is 0.102. The van der Waals surface area contributed by atoms with Crippen molar-refractivity contribution in [2.45, 2.75) is 31.1 Å². The van der Waals surface area contributed by atoms with Crippen molar-refractivity contribution < 1.29 is 18.0 Å². The van der Waals surface area contributed by atoms with Gasteiger partial charge in [-0.1, -0.05) is 30.3 Å². The van der Waals surface area contributed by atoms with Crippen LogP contribution in [-0.4, -0.2) is 24.7 Å². The van der Waals surface area contributed by atoms with Crippen molar-refractivity contribution in [2.24, 2.45) is 0 Å². The Kier molecular flexibility index (Phi) is 4.09. The van der Waals surface area contributed by atoms with Crippen LogP contribution in [0, 0.1) is 0 Å². The third-order valence-corrected chi connectivity index (χ3v) is 3.11. The molecule has 104 valence electrons. The van der Waals surface area contributed by atoms with Crippen LogP contribution in [0.4, 0.5) is 13.2 Å². The molecule has 2 unspecified atom stereocenters. The molecule has 2 atom stereocenters. The van der Waals surface area contributed by atoms with Gasteiger partial charge >= 0.3 is 6.18 Å². The Morgan fingerprint density at radius 1 is 1.32 bits per heavy atom. The molecule has 0 aliphatic carbocycles. The summed E-state index contributed by atoms with van der Waals surface area (Å²) >= 11 is 0. The first-order valence-electron chi connectivity index (χ1n) is 6.11. The number of carbonyl (C=O) groups excluding carboxylic acids is 1. The number of benzene rings is 1. The Morgan fingerprint density at radius 3 is 2.53 bits per heavy atom. The first-order chi connectivity index (χ1) is 8.97. The summed E-state index contributed by atoms with van der Waals surface area (Å²) in [5.74, 6) is -0.102. The molecule has 1 saturated heterocycles. The monoisotopic (exact) mass is 272 g/mol. The lowest BCUT2D eigenvalue weighted by atomic mass is 10.1. The van der Waals surface area contributed by atoms with Gasteiger partial charge in [-0.05, 0) is 12.0 Å². The number of amides is 1. The van der Waals surface area contributed by atoms with Crippen molar-refractivity contribution in [1.82, 2.24) is 10.6 Å². The minimum atomic E-state index is -4.36. The van der Waals surface area contributed by atoms with E-state index in [1.165, 1.54) is 12.1 Å². The SMILES string of the molecule is O=C1CCC(CNC(c2ccccc2)C(F)(F)F)N1. The fraction of sp³-hybridized carbons (Fsp3) is 0.462. The first-order valence-corrected chi connectivity index (χ1v) is 6.11. The second-order valence-corrected chi connectivity index (χ2v) is 4.60. The van der Waals surface area contributed by atoms with E-state index in [1.807, 2.05) is 0 Å². The fourth-order valence-electron chi connectivity index (χ4n) is 2.16. The van der Waals surface area contributed by atoms with Crippen LogP contribution in [0.2, 0.25) is 0 Å². The second-order valence-electron chi connectivity index (χ2n) is 4.60. The average Bonchev–Trinajstić information content (AvgIpc) is 2.75. The molecule has 1 heterocycles. The highest BCUT2D eigenvalue weighted by Crippen LogP contribution is 2.32. The fourth-order valence-corrected chi connectivity index (χ4v) is 2.16. The Bertz CT molecular complexity index is 433. The van der Waals surface area contributed by atoms with Crippen molar-refractivity contribution in [3.8, 4) is 0 Å². The van der Waals surface area contributed by atoms with E-state index in [0.29, 0.717) is 12.8 Å². The summed E-state index contributed by atoms with van der Waals surface area (Å²) in [6, 6.07) is 5.79. The lowest BCUT2D eigenvalue weighted by molar-refractivity contribution is -0.157. The van der Waals surface area contributed by atoms with E-state index in [-0.39, 0.29) is 24.1 Å². The van der Waals surface area contributed by atoms with E-state index in [2.05, 4.69) is 10.6 Å². The minimum Gasteiger partial charge on any atom is -0.352 e. The van der Waals surface area contributed by atoms with Crippen LogP contribution < -0.4 is 10.6 Å². The largest absolute Gasteiger partial charge is 0.407 e. The van der Waals surface area contributed by atoms with Crippen LogP contribution in [0.15, 0.2) is 30.3 Å². The van der Waals surface area contributed by atoms with Crippen molar-refractivity contribution in [3.63, 3.8) is 0 Å². The zero-order valence-corrected chi connectivity index (χ0v) is 10.2. The highest BCUT2D eigenvalue weighted by molar-refractivity contribution is 5.78. The van der Waals surface area contributed by atoms with Gasteiger partial charge in [-0.25, -0.2) is 0 Å². The summed E-state index contributed by atoms with van der Waals surface area (Å²) in [6.45, 7) is 0.116. The maximum absolute atomic E-state index is 13.0. The molecular formula is C13H15F3N2O. The second kappa shape index (κ2) is 5.61. The van der Waals surface area contributed by atoms with Crippen LogP contribution in [0.1, 0.15) is 24.4 Å². The van der Waals surface area contributed by atoms with E-state index in [4.69, 9.17) is 0 Å². The maximum atomic E-state index is 13.0. The number of nitrogens with one attached hydrogen (secondary N) is 2. The molecule has 0 saturated carbocycles. The van der Waals surface area contributed by atoms with Crippen LogP contribution in [0.5, 0.6) is 0 Å². The molecule has 1 aliphatic rings. The van der Waals surface area contributed by atoms with Gasteiger partial charge in [-0.2, -0.15) is 13.2 Å². The molecule has 19 heavy (non-hydrogen) atoms. The molecule has 0 bridgehead atoms. The summed E-state index contributed by atoms with van der Waals surface area (Å²) in [6.07, 6.45) is -3.40. The van der Waals surface area contributed by atoms with Gasteiger partial charge in [-0.3, -0.25) is 4.79 Å². The zero-order chi connectivity index (χ0) is 13.9. The number of rotatable bonds is 4. The number of halogens is 3. The molecule has 3 nitrogen and oxygen atoms in total. The third-order valence-electron chi connectivity index (χ3n) is 3.11. The standard InChI is InChI=1S/C13H15F3N2O/c14-13(15,16)12(9-4-2-1-3-5-9)17-8-10-6-7-11(19)18-10/h1-5,10,12,17H,6-8H2,(H,18,19). The number of hydrogen-bond acceptors (Lipinski definition) is 2. The van der Waals surface area contributed by atoms with E-state index in [1.54, 1.807) is 18.2 Å². The van der Waals surface area contributed by atoms with Crippen molar-refractivity contribution in [3.05, 3.63) is 35.9 Å². The molecule has 1 aromatic carbocycles. The summed E-state index contributed by atoms with van der Waals surface area (Å²) in [5, 5.41) is 5.14. The molecule has 6 heteroatoms. The Morgan fingerprint density at radius 2 is 2.00 bits per heavy atom. The predicted molar refractivity (Wildman–Crippen MR) is 64.4 cm³/mol. The van der Waals surface area contributed by atoms with Gasteiger partial charge < -0.3 is 10.6 Å². The summed E-state index contributed by atoms with van der Waals surface area (Å²) in [5.41, 5.74) is 0.180. The smallest absolute Gasteiger partial charge is 0.352 e. The van der Waals surface area contributed by atoms with E-state index in [0.717, 1.165) is 0 Å². The lowest BCUT2D eigenvalue weighted by Crippen LogP contribution is -2.41. The van der Waals surface area contributed by atoms with Crippen molar-refractivity contribution in [2.75, 3.05) is 6.54 Å². The van der Waals surface area contributed by atoms with Gasteiger partial charge in [0.05, 0.1) is 0 Å². The topological polar surface area (TPSA) is 41.1 Å². The van der Waals surface area contributed by atoms with Gasteiger partial charge in [0.1, 0.15) is 6.04 Å². The molecule has 0 aromatic heterocycles. The first kappa shape index (κ1) is 13.9. The number of alkyl halides is 3. The molecule has 1 fully saturated rings. The number of hydrogen-bond donors (Lipinski definition) is 2. The third kappa shape index (κ3) is 3.70. The molecule has 0 spiro atoms. The van der Waals surface area contributed by atoms with Gasteiger partial charge in [0.25, 0.3) is 0 Å². The maximum Gasteiger partial charge on any atom is 0.407 e. The quantitative estimate of drug-likeness (QED) is 0.882. The highest BCUT2D eigenvalue weighted by Gasteiger charge is 2.40. The van der Waals surface area contributed by atoms with Gasteiger partial charge in [0.2, 0.25) is 5.91 Å². The summed E-state index contributed by atoms with van der Waals surface area (Å²) < 4.78 is 39.0. The van der Waals surface area contributed by atoms with E-state index >= 15 is 0 Å². The van der Waals surface area contributed by atoms with Gasteiger partial charge in [0.15, 0.2) is 0 Å². The van der Waals surface area contributed by atoms with E-state index in [9.17, 15) is 18.0 Å². The molecule has 2 rings (SSSR count). The normalized spacial score (nSPS) is 21.2. The van der Waals surface area contributed by atoms with Crippen molar-refractivity contribution >= 4 is 5.91 Å². The summed E-state index contributed by atoms with van der Waals surface area (Å²) in [7, 11) is 0. The Balaban J connectivity index is 2.01. The molecule has 2 N–H and O–H groups in total. The number of carbonyl (C=O) groups is 1. The molecular weight excluding hydrogens is 257 g/mol. The zero-order valence-electron chi connectivity index (χ0n) is 10.2. The van der Waals surface area contributed by atoms with Crippen LogP contribution in [0.25, 0.3) is 0 Å². The van der Waals surface area contributed by atoms with Crippen LogP contribution in [0.3, 0.4) is 0 Å². The van der Waals surface area contributed by atoms with Crippen molar-refractivity contribution in [1.29, 1.82) is 0 Å². The highest BCUT2D eigenvalue weighted by atomic mass is 19.4. The van der Waals surface area contributed by atoms with Gasteiger partial charge in [0, 0.05) is 19.0 Å². The van der Waals surface area contributed by atoms with Gasteiger partial charge in [-0.15, -0.1) is 0 Å². The Hall–Kier alpha value is -1.56. The summed E-state index contributed by atoms with van der Waals surface area (Å²) in [4.78, 5) is 11.0. The molecule has 1 amide bonds. The van der Waals surface area contributed by atoms with E-state index < -0.39 is 12.2 Å². The average molecular weight is 272 g/mol. The molecule has 0 radical (unpaired) electrons. The lowest BCUT2D eigenvalue weighted by Gasteiger charge is -2.23.